The Bertz CT molecular complexity index is 1100. The van der Waals surface area contributed by atoms with Gasteiger partial charge in [-0.15, -0.1) is 0 Å². The first kappa shape index (κ1) is 19.8. The maximum Gasteiger partial charge on any atom is 0.374 e. The summed E-state index contributed by atoms with van der Waals surface area (Å²) in [5, 5.41) is 1.36. The maximum atomic E-state index is 13.3. The largest absolute Gasteiger partial charge is 0.463 e. The van der Waals surface area contributed by atoms with Crippen molar-refractivity contribution >= 4 is 28.6 Å². The van der Waals surface area contributed by atoms with Crippen molar-refractivity contribution in [3.8, 4) is 0 Å². The zero-order valence-corrected chi connectivity index (χ0v) is 17.5. The van der Waals surface area contributed by atoms with Gasteiger partial charge in [0.2, 0.25) is 5.76 Å². The van der Waals surface area contributed by atoms with Gasteiger partial charge in [-0.25, -0.2) is 9.78 Å². The van der Waals surface area contributed by atoms with E-state index in [0.29, 0.717) is 27.6 Å². The second-order valence-corrected chi connectivity index (χ2v) is 8.33. The molecule has 2 heterocycles. The van der Waals surface area contributed by atoms with Gasteiger partial charge in [-0.1, -0.05) is 43.2 Å². The minimum absolute atomic E-state index is 0.0240. The van der Waals surface area contributed by atoms with Crippen LogP contribution in [-0.4, -0.2) is 22.6 Å². The Morgan fingerprint density at radius 1 is 1.28 bits per heavy atom. The van der Waals surface area contributed by atoms with E-state index in [4.69, 9.17) is 14.1 Å². The average molecular weight is 413 g/mol. The fourth-order valence-corrected chi connectivity index (χ4v) is 4.89. The molecule has 1 fully saturated rings. The van der Waals surface area contributed by atoms with Crippen molar-refractivity contribution in [3.63, 3.8) is 0 Å². The number of furan rings is 1. The number of aromatic nitrogens is 2. The lowest BCUT2D eigenvalue weighted by atomic mass is 9.95. The topological polar surface area (TPSA) is 74.3 Å². The number of hydrogen-bond acceptors (Lipinski definition) is 6. The molecule has 0 amide bonds. The van der Waals surface area contributed by atoms with E-state index in [1.54, 1.807) is 0 Å². The number of para-hydroxylation sites is 1. The van der Waals surface area contributed by atoms with Crippen molar-refractivity contribution in [3.05, 3.63) is 57.8 Å². The molecule has 0 N–H and O–H groups in total. The summed E-state index contributed by atoms with van der Waals surface area (Å²) in [6, 6.07) is 9.51. The highest BCUT2D eigenvalue weighted by atomic mass is 32.2. The molecule has 29 heavy (non-hydrogen) atoms. The number of carbonyl (C=O) groups is 1. The zero-order valence-electron chi connectivity index (χ0n) is 16.6. The van der Waals surface area contributed by atoms with E-state index in [-0.39, 0.29) is 17.4 Å². The van der Waals surface area contributed by atoms with Crippen LogP contribution >= 0.6 is 11.8 Å². The van der Waals surface area contributed by atoms with Crippen LogP contribution in [0.3, 0.4) is 0 Å². The number of carbonyl (C=O) groups excluding carboxylic acids is 1. The number of benzene rings is 1. The van der Waals surface area contributed by atoms with Crippen LogP contribution in [0, 0.1) is 6.92 Å². The molecule has 152 valence electrons. The summed E-state index contributed by atoms with van der Waals surface area (Å²) in [5.41, 5.74) is 1.47. The first-order valence-corrected chi connectivity index (χ1v) is 10.9. The van der Waals surface area contributed by atoms with Gasteiger partial charge in [0.1, 0.15) is 5.76 Å². The summed E-state index contributed by atoms with van der Waals surface area (Å²) in [6.45, 7) is 1.82. The third-order valence-electron chi connectivity index (χ3n) is 5.40. The van der Waals surface area contributed by atoms with E-state index in [1.807, 2.05) is 41.8 Å². The molecule has 3 aromatic rings. The molecule has 0 radical (unpaired) electrons. The molecule has 4 rings (SSSR count). The molecule has 0 saturated heterocycles. The predicted octanol–water partition coefficient (Wildman–Crippen LogP) is 4.88. The molecule has 1 aromatic carbocycles. The summed E-state index contributed by atoms with van der Waals surface area (Å²) < 4.78 is 12.3. The lowest BCUT2D eigenvalue weighted by Crippen LogP contribution is -2.29. The number of methoxy groups -OCH3 is 1. The predicted molar refractivity (Wildman–Crippen MR) is 112 cm³/mol. The summed E-state index contributed by atoms with van der Waals surface area (Å²) in [7, 11) is 1.33. The van der Waals surface area contributed by atoms with Gasteiger partial charge in [-0.05, 0) is 38.0 Å². The third-order valence-corrected chi connectivity index (χ3v) is 6.37. The zero-order chi connectivity index (χ0) is 20.4. The Labute approximate surface area is 173 Å². The number of nitrogens with zero attached hydrogens (tertiary/aromatic N) is 2. The summed E-state index contributed by atoms with van der Waals surface area (Å²) in [6.07, 6.45) is 5.48. The van der Waals surface area contributed by atoms with Crippen molar-refractivity contribution < 1.29 is 13.9 Å². The molecule has 1 saturated carbocycles. The van der Waals surface area contributed by atoms with Crippen LogP contribution in [0.15, 0.2) is 44.7 Å². The number of fused-ring (bicyclic) bond motifs is 1. The minimum atomic E-state index is -0.485. The number of esters is 1. The van der Waals surface area contributed by atoms with Gasteiger partial charge in [-0.2, -0.15) is 0 Å². The van der Waals surface area contributed by atoms with Crippen LogP contribution in [0.25, 0.3) is 10.9 Å². The fraction of sp³-hybridized carbons (Fsp3) is 0.409. The van der Waals surface area contributed by atoms with E-state index >= 15 is 0 Å². The van der Waals surface area contributed by atoms with Crippen LogP contribution in [0.2, 0.25) is 0 Å². The van der Waals surface area contributed by atoms with Crippen LogP contribution in [0.4, 0.5) is 0 Å². The van der Waals surface area contributed by atoms with E-state index in [9.17, 15) is 9.59 Å². The number of aryl methyl sites for hydroxylation is 1. The SMILES string of the molecule is COC(=O)c1oc(CSc2nc3ccccc3c(=O)n2C2CCCCC2)cc1C. The summed E-state index contributed by atoms with van der Waals surface area (Å²) >= 11 is 1.47. The Hall–Kier alpha value is -2.54. The van der Waals surface area contributed by atoms with E-state index < -0.39 is 5.97 Å². The van der Waals surface area contributed by atoms with Gasteiger partial charge < -0.3 is 9.15 Å². The second kappa shape index (κ2) is 8.45. The Kier molecular flexibility index (Phi) is 5.76. The van der Waals surface area contributed by atoms with Gasteiger partial charge in [0, 0.05) is 11.6 Å². The molecule has 0 bridgehead atoms. The Balaban J connectivity index is 1.69. The quantitative estimate of drug-likeness (QED) is 0.338. The number of hydrogen-bond donors (Lipinski definition) is 0. The molecule has 0 atom stereocenters. The lowest BCUT2D eigenvalue weighted by Gasteiger charge is -2.26. The normalized spacial score (nSPS) is 15.0. The van der Waals surface area contributed by atoms with Crippen molar-refractivity contribution in [1.82, 2.24) is 9.55 Å². The van der Waals surface area contributed by atoms with Gasteiger partial charge >= 0.3 is 5.97 Å². The molecule has 1 aliphatic rings. The molecule has 6 nitrogen and oxygen atoms in total. The highest BCUT2D eigenvalue weighted by Crippen LogP contribution is 2.32. The lowest BCUT2D eigenvalue weighted by molar-refractivity contribution is 0.0562. The average Bonchev–Trinajstić information content (AvgIpc) is 3.13. The smallest absolute Gasteiger partial charge is 0.374 e. The van der Waals surface area contributed by atoms with Crippen LogP contribution in [-0.2, 0) is 10.5 Å². The summed E-state index contributed by atoms with van der Waals surface area (Å²) in [4.78, 5) is 29.9. The van der Waals surface area contributed by atoms with Gasteiger partial charge in [0.05, 0.1) is 23.8 Å². The fourth-order valence-electron chi connectivity index (χ4n) is 3.94. The molecule has 0 spiro atoms. The molecular formula is C22H24N2O4S. The molecule has 7 heteroatoms. The molecule has 0 unspecified atom stereocenters. The first-order chi connectivity index (χ1) is 14.1. The van der Waals surface area contributed by atoms with Gasteiger partial charge in [0.15, 0.2) is 5.16 Å². The van der Waals surface area contributed by atoms with Crippen molar-refractivity contribution in [2.45, 2.75) is 56.0 Å². The standard InChI is InChI=1S/C22H24N2O4S/c1-14-12-16(28-19(14)21(26)27-2)13-29-22-23-18-11-7-6-10-17(18)20(25)24(22)15-8-4-3-5-9-15/h6-7,10-12,15H,3-5,8-9,13H2,1-2H3. The highest BCUT2D eigenvalue weighted by molar-refractivity contribution is 7.98. The van der Waals surface area contributed by atoms with E-state index in [0.717, 1.165) is 31.2 Å². The van der Waals surface area contributed by atoms with Crippen molar-refractivity contribution in [1.29, 1.82) is 0 Å². The first-order valence-electron chi connectivity index (χ1n) is 9.90. The van der Waals surface area contributed by atoms with Crippen LogP contribution in [0.5, 0.6) is 0 Å². The number of ether oxygens (including phenoxy) is 1. The second-order valence-electron chi connectivity index (χ2n) is 7.38. The van der Waals surface area contributed by atoms with Gasteiger partial charge in [-0.3, -0.25) is 9.36 Å². The van der Waals surface area contributed by atoms with E-state index in [2.05, 4.69) is 0 Å². The summed E-state index contributed by atoms with van der Waals surface area (Å²) in [5.74, 6) is 0.876. The number of rotatable bonds is 5. The van der Waals surface area contributed by atoms with Crippen molar-refractivity contribution in [2.75, 3.05) is 7.11 Å². The molecule has 2 aromatic heterocycles. The Morgan fingerprint density at radius 3 is 2.79 bits per heavy atom. The molecule has 0 aliphatic heterocycles. The van der Waals surface area contributed by atoms with Crippen LogP contribution < -0.4 is 5.56 Å². The molecular weight excluding hydrogens is 388 g/mol. The third kappa shape index (κ3) is 3.96. The van der Waals surface area contributed by atoms with E-state index in [1.165, 1.54) is 25.3 Å². The highest BCUT2D eigenvalue weighted by Gasteiger charge is 2.23. The monoisotopic (exact) mass is 412 g/mol. The number of thioether (sulfide) groups is 1. The maximum absolute atomic E-state index is 13.3. The minimum Gasteiger partial charge on any atom is -0.463 e. The van der Waals surface area contributed by atoms with Crippen LogP contribution in [0.1, 0.15) is 60.0 Å². The molecule has 1 aliphatic carbocycles. The van der Waals surface area contributed by atoms with Crippen molar-refractivity contribution in [2.24, 2.45) is 0 Å². The van der Waals surface area contributed by atoms with Gasteiger partial charge in [0.25, 0.3) is 5.56 Å². The Morgan fingerprint density at radius 2 is 2.03 bits per heavy atom.